The number of carbonyl (C=O) groups is 1. The van der Waals surface area contributed by atoms with Crippen LogP contribution in [0.2, 0.25) is 0 Å². The van der Waals surface area contributed by atoms with Crippen molar-refractivity contribution in [2.45, 2.75) is 30.2 Å². The van der Waals surface area contributed by atoms with Crippen LogP contribution in [-0.2, 0) is 16.6 Å². The number of halogens is 2. The Morgan fingerprint density at radius 3 is 2.69 bits per heavy atom. The summed E-state index contributed by atoms with van der Waals surface area (Å²) in [6.07, 6.45) is 5.28. The zero-order valence-corrected chi connectivity index (χ0v) is 17.9. The van der Waals surface area contributed by atoms with E-state index in [2.05, 4.69) is 10.3 Å². The molecule has 0 bridgehead atoms. The van der Waals surface area contributed by atoms with E-state index in [4.69, 9.17) is 0 Å². The van der Waals surface area contributed by atoms with Crippen LogP contribution in [0, 0.1) is 11.8 Å². The molecule has 2 fully saturated rings. The topological polar surface area (TPSA) is 83.8 Å². The lowest BCUT2D eigenvalue weighted by Gasteiger charge is -2.20. The molecule has 10 heteroatoms. The summed E-state index contributed by atoms with van der Waals surface area (Å²) in [7, 11) is -3.83. The van der Waals surface area contributed by atoms with Crippen molar-refractivity contribution in [3.63, 3.8) is 0 Å². The standard InChI is InChI=1S/C22H22F2N4O3S/c23-22(24)8-7-16-13-28(14-19(16)22)32(30,31)18-4-1-15(2-5-18)11-26-21(29)17-3-6-20-25-9-10-27(20)12-17/h1-6,9-10,12,16,19H,7-8,11,13-14H2,(H,26,29). The number of pyridine rings is 1. The van der Waals surface area contributed by atoms with Crippen LogP contribution in [0.15, 0.2) is 59.9 Å². The third-order valence-corrected chi connectivity index (χ3v) is 8.31. The molecule has 2 aliphatic rings. The number of carbonyl (C=O) groups excluding carboxylic acids is 1. The van der Waals surface area contributed by atoms with Gasteiger partial charge in [-0.1, -0.05) is 12.1 Å². The normalized spacial score (nSPS) is 22.8. The molecule has 2 atom stereocenters. The number of imidazole rings is 1. The van der Waals surface area contributed by atoms with Crippen molar-refractivity contribution < 1.29 is 22.0 Å². The average Bonchev–Trinajstić information content (AvgIpc) is 3.49. The molecule has 0 radical (unpaired) electrons. The zero-order chi connectivity index (χ0) is 22.5. The molecule has 3 heterocycles. The molecule has 2 unspecified atom stereocenters. The van der Waals surface area contributed by atoms with Gasteiger partial charge < -0.3 is 9.72 Å². The lowest BCUT2D eigenvalue weighted by Crippen LogP contribution is -2.33. The number of hydrogen-bond acceptors (Lipinski definition) is 4. The molecule has 1 saturated carbocycles. The van der Waals surface area contributed by atoms with Crippen molar-refractivity contribution in [1.82, 2.24) is 19.0 Å². The maximum Gasteiger partial charge on any atom is 0.253 e. The highest BCUT2D eigenvalue weighted by Crippen LogP contribution is 2.49. The maximum absolute atomic E-state index is 14.0. The number of amides is 1. The molecule has 7 nitrogen and oxygen atoms in total. The fourth-order valence-corrected chi connectivity index (χ4v) is 6.15. The van der Waals surface area contributed by atoms with Crippen LogP contribution < -0.4 is 5.32 Å². The Bertz CT molecular complexity index is 1270. The van der Waals surface area contributed by atoms with Gasteiger partial charge in [-0.2, -0.15) is 4.31 Å². The van der Waals surface area contributed by atoms with Gasteiger partial charge in [0.1, 0.15) is 5.65 Å². The summed E-state index contributed by atoms with van der Waals surface area (Å²) < 4.78 is 56.8. The van der Waals surface area contributed by atoms with E-state index in [9.17, 15) is 22.0 Å². The number of nitrogens with one attached hydrogen (secondary N) is 1. The zero-order valence-electron chi connectivity index (χ0n) is 17.1. The van der Waals surface area contributed by atoms with E-state index in [0.29, 0.717) is 12.0 Å². The quantitative estimate of drug-likeness (QED) is 0.635. The minimum atomic E-state index is -3.83. The summed E-state index contributed by atoms with van der Waals surface area (Å²) in [5, 5.41) is 2.81. The van der Waals surface area contributed by atoms with Crippen LogP contribution in [0.3, 0.4) is 0 Å². The summed E-state index contributed by atoms with van der Waals surface area (Å²) in [6, 6.07) is 9.59. The minimum absolute atomic E-state index is 0.0708. The lowest BCUT2D eigenvalue weighted by atomic mass is 9.99. The molecule has 0 spiro atoms. The molecule has 2 aromatic heterocycles. The van der Waals surface area contributed by atoms with Crippen LogP contribution in [0.5, 0.6) is 0 Å². The number of rotatable bonds is 5. The third kappa shape index (κ3) is 3.67. The number of hydrogen-bond donors (Lipinski definition) is 1. The Labute approximate surface area is 184 Å². The second-order valence-electron chi connectivity index (χ2n) is 8.43. The number of aromatic nitrogens is 2. The third-order valence-electron chi connectivity index (χ3n) is 6.46. The summed E-state index contributed by atoms with van der Waals surface area (Å²) in [6.45, 7) is 0.224. The highest BCUT2D eigenvalue weighted by Gasteiger charge is 2.55. The molecule has 5 rings (SSSR count). The lowest BCUT2D eigenvalue weighted by molar-refractivity contribution is -0.0376. The van der Waals surface area contributed by atoms with E-state index in [-0.39, 0.29) is 42.8 Å². The van der Waals surface area contributed by atoms with E-state index in [1.807, 2.05) is 0 Å². The van der Waals surface area contributed by atoms with Crippen molar-refractivity contribution in [3.8, 4) is 0 Å². The Balaban J connectivity index is 1.23. The Hall–Kier alpha value is -2.85. The van der Waals surface area contributed by atoms with E-state index >= 15 is 0 Å². The molecule has 168 valence electrons. The Kier molecular flexibility index (Phi) is 5.01. The number of benzene rings is 1. The second-order valence-corrected chi connectivity index (χ2v) is 10.4. The van der Waals surface area contributed by atoms with E-state index < -0.39 is 21.9 Å². The first kappa shape index (κ1) is 21.0. The van der Waals surface area contributed by atoms with E-state index in [1.54, 1.807) is 47.3 Å². The van der Waals surface area contributed by atoms with Gasteiger partial charge in [0, 0.05) is 50.6 Å². The molecule has 3 aromatic rings. The molecule has 1 aliphatic heterocycles. The summed E-state index contributed by atoms with van der Waals surface area (Å²) >= 11 is 0. The fraction of sp³-hybridized carbons (Fsp3) is 0.364. The number of sulfonamides is 1. The summed E-state index contributed by atoms with van der Waals surface area (Å²) in [5.74, 6) is -4.23. The van der Waals surface area contributed by atoms with Gasteiger partial charge in [-0.3, -0.25) is 4.79 Å². The first-order valence-electron chi connectivity index (χ1n) is 10.4. The van der Waals surface area contributed by atoms with Crippen LogP contribution in [-0.4, -0.2) is 47.0 Å². The van der Waals surface area contributed by atoms with E-state index in [0.717, 1.165) is 11.2 Å². The second kappa shape index (κ2) is 7.63. The van der Waals surface area contributed by atoms with Crippen molar-refractivity contribution in [3.05, 3.63) is 66.1 Å². The van der Waals surface area contributed by atoms with Gasteiger partial charge in [0.25, 0.3) is 11.8 Å². The Morgan fingerprint density at radius 1 is 1.16 bits per heavy atom. The SMILES string of the molecule is O=C(NCc1ccc(S(=O)(=O)N2CC3CCC(F)(F)C3C2)cc1)c1ccc2nccn2c1. The van der Waals surface area contributed by atoms with Gasteiger partial charge in [-0.05, 0) is 42.2 Å². The maximum atomic E-state index is 14.0. The molecule has 1 saturated heterocycles. The highest BCUT2D eigenvalue weighted by atomic mass is 32.2. The molecule has 1 aliphatic carbocycles. The minimum Gasteiger partial charge on any atom is -0.348 e. The van der Waals surface area contributed by atoms with Gasteiger partial charge >= 0.3 is 0 Å². The first-order chi connectivity index (χ1) is 15.2. The number of alkyl halides is 2. The van der Waals surface area contributed by atoms with Gasteiger partial charge in [0.2, 0.25) is 10.0 Å². The van der Waals surface area contributed by atoms with Crippen LogP contribution >= 0.6 is 0 Å². The van der Waals surface area contributed by atoms with Crippen LogP contribution in [0.1, 0.15) is 28.8 Å². The van der Waals surface area contributed by atoms with E-state index in [1.165, 1.54) is 16.4 Å². The highest BCUT2D eigenvalue weighted by molar-refractivity contribution is 7.89. The van der Waals surface area contributed by atoms with Gasteiger partial charge in [-0.25, -0.2) is 22.2 Å². The van der Waals surface area contributed by atoms with Gasteiger partial charge in [0.05, 0.1) is 10.5 Å². The van der Waals surface area contributed by atoms with Gasteiger partial charge in [0.15, 0.2) is 0 Å². The van der Waals surface area contributed by atoms with Crippen molar-refractivity contribution >= 4 is 21.6 Å². The number of nitrogens with zero attached hydrogens (tertiary/aromatic N) is 3. The predicted molar refractivity (Wildman–Crippen MR) is 113 cm³/mol. The molecule has 1 aromatic carbocycles. The molecule has 1 amide bonds. The van der Waals surface area contributed by atoms with Crippen molar-refractivity contribution in [2.75, 3.05) is 13.1 Å². The molecule has 32 heavy (non-hydrogen) atoms. The van der Waals surface area contributed by atoms with Crippen LogP contribution in [0.25, 0.3) is 5.65 Å². The first-order valence-corrected chi connectivity index (χ1v) is 11.9. The Morgan fingerprint density at radius 2 is 1.94 bits per heavy atom. The monoisotopic (exact) mass is 460 g/mol. The smallest absolute Gasteiger partial charge is 0.253 e. The molecule has 1 N–H and O–H groups in total. The largest absolute Gasteiger partial charge is 0.348 e. The van der Waals surface area contributed by atoms with Gasteiger partial charge in [-0.15, -0.1) is 0 Å². The summed E-state index contributed by atoms with van der Waals surface area (Å²) in [4.78, 5) is 16.6. The fourth-order valence-electron chi connectivity index (χ4n) is 4.63. The molecular formula is C22H22F2N4O3S. The number of fused-ring (bicyclic) bond motifs is 2. The van der Waals surface area contributed by atoms with Crippen LogP contribution in [0.4, 0.5) is 8.78 Å². The summed E-state index contributed by atoms with van der Waals surface area (Å²) in [5.41, 5.74) is 1.95. The molecular weight excluding hydrogens is 438 g/mol. The van der Waals surface area contributed by atoms with Crippen molar-refractivity contribution in [1.29, 1.82) is 0 Å². The average molecular weight is 461 g/mol. The predicted octanol–water partition coefficient (Wildman–Crippen LogP) is 2.93. The van der Waals surface area contributed by atoms with Crippen molar-refractivity contribution in [2.24, 2.45) is 11.8 Å².